The van der Waals surface area contributed by atoms with Crippen LogP contribution in [0.2, 0.25) is 5.02 Å². The van der Waals surface area contributed by atoms with Crippen LogP contribution in [0.3, 0.4) is 0 Å². The molecule has 3 nitrogen and oxygen atoms in total. The molecular formula is C15H12ClNO2. The van der Waals surface area contributed by atoms with Gasteiger partial charge in [-0.1, -0.05) is 23.7 Å². The summed E-state index contributed by atoms with van der Waals surface area (Å²) in [7, 11) is 0. The van der Waals surface area contributed by atoms with Gasteiger partial charge in [0, 0.05) is 17.5 Å². The smallest absolute Gasteiger partial charge is 0.124 e. The van der Waals surface area contributed by atoms with Crippen LogP contribution in [-0.4, -0.2) is 11.7 Å². The molecule has 0 aliphatic heterocycles. The third kappa shape index (κ3) is 3.90. The van der Waals surface area contributed by atoms with Gasteiger partial charge in [-0.2, -0.15) is 5.26 Å². The Balaban J connectivity index is 1.94. The summed E-state index contributed by atoms with van der Waals surface area (Å²) in [4.78, 5) is 0. The first-order chi connectivity index (χ1) is 9.17. The number of hydrogen-bond acceptors (Lipinski definition) is 3. The van der Waals surface area contributed by atoms with Crippen LogP contribution in [-0.2, 0) is 6.42 Å². The van der Waals surface area contributed by atoms with Crippen molar-refractivity contribution in [3.63, 3.8) is 0 Å². The number of halogens is 1. The number of phenolic OH excluding ortho intramolecular Hbond substituents is 1. The third-order valence-electron chi connectivity index (χ3n) is 2.57. The summed E-state index contributed by atoms with van der Waals surface area (Å²) in [6.45, 7) is 0.453. The number of nitriles is 1. The largest absolute Gasteiger partial charge is 0.508 e. The minimum atomic E-state index is 0.0778. The third-order valence-corrected chi connectivity index (χ3v) is 2.79. The molecular weight excluding hydrogens is 262 g/mol. The normalized spacial score (nSPS) is 9.89. The Morgan fingerprint density at radius 2 is 2.05 bits per heavy atom. The first-order valence-corrected chi connectivity index (χ1v) is 6.16. The number of hydrogen-bond donors (Lipinski definition) is 1. The SMILES string of the molecule is N#Cc1cccc(CCOc2cc(O)cc(Cl)c2)c1. The van der Waals surface area contributed by atoms with Crippen molar-refractivity contribution in [2.24, 2.45) is 0 Å². The number of ether oxygens (including phenoxy) is 1. The van der Waals surface area contributed by atoms with Gasteiger partial charge in [0.15, 0.2) is 0 Å². The molecule has 0 bridgehead atoms. The average molecular weight is 274 g/mol. The second kappa shape index (κ2) is 6.12. The molecule has 2 aromatic carbocycles. The van der Waals surface area contributed by atoms with Crippen molar-refractivity contribution in [3.8, 4) is 17.6 Å². The van der Waals surface area contributed by atoms with E-state index in [9.17, 15) is 5.11 Å². The van der Waals surface area contributed by atoms with Crippen LogP contribution in [0, 0.1) is 11.3 Å². The fourth-order valence-corrected chi connectivity index (χ4v) is 1.93. The lowest BCUT2D eigenvalue weighted by Gasteiger charge is -2.07. The van der Waals surface area contributed by atoms with Crippen LogP contribution in [0.25, 0.3) is 0 Å². The number of nitrogens with zero attached hydrogens (tertiary/aromatic N) is 1. The van der Waals surface area contributed by atoms with Gasteiger partial charge < -0.3 is 9.84 Å². The number of rotatable bonds is 4. The summed E-state index contributed by atoms with van der Waals surface area (Å²) in [6.07, 6.45) is 0.683. The van der Waals surface area contributed by atoms with Gasteiger partial charge in [-0.3, -0.25) is 0 Å². The molecule has 2 aromatic rings. The molecule has 1 N–H and O–H groups in total. The highest BCUT2D eigenvalue weighted by atomic mass is 35.5. The van der Waals surface area contributed by atoms with Crippen LogP contribution in [0.15, 0.2) is 42.5 Å². The summed E-state index contributed by atoms with van der Waals surface area (Å²) in [5.41, 5.74) is 1.67. The maximum absolute atomic E-state index is 9.38. The van der Waals surface area contributed by atoms with Gasteiger partial charge in [0.2, 0.25) is 0 Å². The molecule has 0 radical (unpaired) electrons. The van der Waals surface area contributed by atoms with Crippen LogP contribution >= 0.6 is 11.6 Å². The van der Waals surface area contributed by atoms with Crippen molar-refractivity contribution in [2.45, 2.75) is 6.42 Å². The Hall–Kier alpha value is -2.18. The summed E-state index contributed by atoms with van der Waals surface area (Å²) >= 11 is 5.81. The predicted molar refractivity (Wildman–Crippen MR) is 73.5 cm³/mol. The summed E-state index contributed by atoms with van der Waals surface area (Å²) in [5.74, 6) is 0.607. The fourth-order valence-electron chi connectivity index (χ4n) is 1.71. The van der Waals surface area contributed by atoms with E-state index in [0.29, 0.717) is 29.4 Å². The molecule has 0 saturated carbocycles. The Labute approximate surface area is 116 Å². The molecule has 0 fully saturated rings. The van der Waals surface area contributed by atoms with Gasteiger partial charge in [0.25, 0.3) is 0 Å². The van der Waals surface area contributed by atoms with Gasteiger partial charge in [-0.05, 0) is 29.8 Å². The van der Waals surface area contributed by atoms with Crippen molar-refractivity contribution in [3.05, 3.63) is 58.6 Å². The number of phenols is 1. The second-order valence-electron chi connectivity index (χ2n) is 4.06. The Morgan fingerprint density at radius 3 is 2.79 bits per heavy atom. The standard InChI is InChI=1S/C15H12ClNO2/c16-13-7-14(18)9-15(8-13)19-5-4-11-2-1-3-12(6-11)10-17/h1-3,6-9,18H,4-5H2. The van der Waals surface area contributed by atoms with Crippen LogP contribution in [0.1, 0.15) is 11.1 Å². The molecule has 19 heavy (non-hydrogen) atoms. The van der Waals surface area contributed by atoms with Gasteiger partial charge in [0.1, 0.15) is 11.5 Å². The zero-order valence-electron chi connectivity index (χ0n) is 10.1. The fraction of sp³-hybridized carbons (Fsp3) is 0.133. The average Bonchev–Trinajstić information content (AvgIpc) is 2.38. The van der Waals surface area contributed by atoms with E-state index in [1.54, 1.807) is 12.1 Å². The molecule has 0 aromatic heterocycles. The van der Waals surface area contributed by atoms with Crippen molar-refractivity contribution in [1.29, 1.82) is 5.26 Å². The van der Waals surface area contributed by atoms with Crippen LogP contribution in [0.5, 0.6) is 11.5 Å². The second-order valence-corrected chi connectivity index (χ2v) is 4.49. The maximum Gasteiger partial charge on any atom is 0.124 e. The Kier molecular flexibility index (Phi) is 4.27. The van der Waals surface area contributed by atoms with Crippen molar-refractivity contribution in [2.75, 3.05) is 6.61 Å². The van der Waals surface area contributed by atoms with E-state index in [2.05, 4.69) is 6.07 Å². The lowest BCUT2D eigenvalue weighted by atomic mass is 10.1. The summed E-state index contributed by atoms with van der Waals surface area (Å²) in [6, 6.07) is 14.1. The topological polar surface area (TPSA) is 53.2 Å². The zero-order valence-corrected chi connectivity index (χ0v) is 10.9. The van der Waals surface area contributed by atoms with E-state index in [1.165, 1.54) is 12.1 Å². The highest BCUT2D eigenvalue weighted by Crippen LogP contribution is 2.24. The van der Waals surface area contributed by atoms with E-state index < -0.39 is 0 Å². The molecule has 0 atom stereocenters. The molecule has 0 unspecified atom stereocenters. The predicted octanol–water partition coefficient (Wildman–Crippen LogP) is 3.54. The number of benzene rings is 2. The monoisotopic (exact) mass is 273 g/mol. The quantitative estimate of drug-likeness (QED) is 0.927. The lowest BCUT2D eigenvalue weighted by molar-refractivity contribution is 0.320. The Morgan fingerprint density at radius 1 is 1.21 bits per heavy atom. The van der Waals surface area contributed by atoms with Crippen molar-refractivity contribution < 1.29 is 9.84 Å². The van der Waals surface area contributed by atoms with Gasteiger partial charge in [0.05, 0.1) is 18.2 Å². The first-order valence-electron chi connectivity index (χ1n) is 5.79. The first kappa shape index (κ1) is 13.3. The van der Waals surface area contributed by atoms with Crippen LogP contribution in [0.4, 0.5) is 0 Å². The van der Waals surface area contributed by atoms with E-state index in [1.807, 2.05) is 18.2 Å². The van der Waals surface area contributed by atoms with Crippen LogP contribution < -0.4 is 4.74 Å². The van der Waals surface area contributed by atoms with Crippen molar-refractivity contribution >= 4 is 11.6 Å². The molecule has 0 aliphatic carbocycles. The Bertz CT molecular complexity index is 600. The van der Waals surface area contributed by atoms with E-state index in [-0.39, 0.29) is 5.75 Å². The minimum Gasteiger partial charge on any atom is -0.508 e. The molecule has 0 amide bonds. The highest BCUT2D eigenvalue weighted by molar-refractivity contribution is 6.30. The van der Waals surface area contributed by atoms with Gasteiger partial charge >= 0.3 is 0 Å². The summed E-state index contributed by atoms with van der Waals surface area (Å²) in [5, 5.41) is 18.6. The molecule has 2 rings (SSSR count). The molecule has 0 aliphatic rings. The minimum absolute atomic E-state index is 0.0778. The van der Waals surface area contributed by atoms with Gasteiger partial charge in [-0.15, -0.1) is 0 Å². The number of aromatic hydroxyl groups is 1. The molecule has 4 heteroatoms. The van der Waals surface area contributed by atoms with E-state index >= 15 is 0 Å². The molecule has 0 heterocycles. The maximum atomic E-state index is 9.38. The van der Waals surface area contributed by atoms with Crippen molar-refractivity contribution in [1.82, 2.24) is 0 Å². The zero-order chi connectivity index (χ0) is 13.7. The van der Waals surface area contributed by atoms with Gasteiger partial charge in [-0.25, -0.2) is 0 Å². The summed E-state index contributed by atoms with van der Waals surface area (Å²) < 4.78 is 5.52. The molecule has 96 valence electrons. The van der Waals surface area contributed by atoms with E-state index in [0.717, 1.165) is 5.56 Å². The molecule has 0 saturated heterocycles. The molecule has 0 spiro atoms. The lowest BCUT2D eigenvalue weighted by Crippen LogP contribution is -2.01. The highest BCUT2D eigenvalue weighted by Gasteiger charge is 2.01. The van der Waals surface area contributed by atoms with E-state index in [4.69, 9.17) is 21.6 Å².